The first-order valence-corrected chi connectivity index (χ1v) is 13.7. The van der Waals surface area contributed by atoms with Crippen LogP contribution >= 0.6 is 11.5 Å². The maximum absolute atomic E-state index is 13.1. The van der Waals surface area contributed by atoms with Crippen molar-refractivity contribution in [2.75, 3.05) is 31.1 Å². The van der Waals surface area contributed by atoms with E-state index < -0.39 is 17.0 Å². The van der Waals surface area contributed by atoms with Crippen LogP contribution in [-0.2, 0) is 9.53 Å². The van der Waals surface area contributed by atoms with E-state index >= 15 is 0 Å². The summed E-state index contributed by atoms with van der Waals surface area (Å²) >= 11 is 1.02. The molecule has 206 valence electrons. The summed E-state index contributed by atoms with van der Waals surface area (Å²) in [7, 11) is 0. The molecular formula is C26H26N8O5S. The molecule has 40 heavy (non-hydrogen) atoms. The highest BCUT2D eigenvalue weighted by atomic mass is 32.1. The molecule has 0 aromatic carbocycles. The number of aryl methyl sites for hydroxylation is 1. The second kappa shape index (κ2) is 10.7. The number of nitrogens with one attached hydrogen (secondary N) is 1. The zero-order valence-corrected chi connectivity index (χ0v) is 22.4. The zero-order valence-electron chi connectivity index (χ0n) is 21.6. The van der Waals surface area contributed by atoms with Crippen molar-refractivity contribution in [3.8, 4) is 16.6 Å². The molecule has 0 radical (unpaired) electrons. The normalized spacial score (nSPS) is 17.5. The molecule has 6 rings (SSSR count). The number of ether oxygens (including phenoxy) is 1. The first kappa shape index (κ1) is 26.0. The van der Waals surface area contributed by atoms with Gasteiger partial charge in [0, 0.05) is 56.4 Å². The van der Waals surface area contributed by atoms with Gasteiger partial charge in [0.15, 0.2) is 11.5 Å². The summed E-state index contributed by atoms with van der Waals surface area (Å²) in [4.78, 5) is 57.2. The van der Waals surface area contributed by atoms with E-state index in [1.54, 1.807) is 13.0 Å². The van der Waals surface area contributed by atoms with E-state index in [4.69, 9.17) is 9.72 Å². The minimum absolute atomic E-state index is 0.0173. The topological polar surface area (TPSA) is 165 Å². The summed E-state index contributed by atoms with van der Waals surface area (Å²) in [6.07, 6.45) is 9.01. The number of pyridine rings is 2. The van der Waals surface area contributed by atoms with Crippen LogP contribution in [0.2, 0.25) is 0 Å². The lowest BCUT2D eigenvalue weighted by Gasteiger charge is -2.39. The molecule has 2 aliphatic rings. The molecule has 2 saturated heterocycles. The Hall–Kier alpha value is -4.30. The molecule has 13 nitrogen and oxygen atoms in total. The van der Waals surface area contributed by atoms with Crippen LogP contribution in [0.1, 0.15) is 35.2 Å². The standard InChI is InChI=1S/C26H26N8O5S/c1-14-8-19(33-11-15(12-33)24(36)29-9-16-4-2-3-7-39-16)30-23-20(14)21(35)17(25(37)38)13-34(23)26-31-22(32-40-26)18-10-27-5-6-28-18/h5-6,8,10,13,15-16H,2-4,7,9,11-12H2,1H3,(H,29,36)(H,37,38). The fraction of sp³-hybridized carbons (Fsp3) is 0.385. The van der Waals surface area contributed by atoms with Crippen LogP contribution in [0.4, 0.5) is 5.82 Å². The van der Waals surface area contributed by atoms with Crippen LogP contribution in [0.5, 0.6) is 0 Å². The Morgan fingerprint density at radius 3 is 2.80 bits per heavy atom. The van der Waals surface area contributed by atoms with Crippen LogP contribution in [-0.4, -0.2) is 78.2 Å². The minimum Gasteiger partial charge on any atom is -0.477 e. The monoisotopic (exact) mass is 562 g/mol. The third-order valence-electron chi connectivity index (χ3n) is 7.14. The van der Waals surface area contributed by atoms with Crippen molar-refractivity contribution in [2.45, 2.75) is 32.3 Å². The van der Waals surface area contributed by atoms with E-state index in [1.807, 2.05) is 4.90 Å². The second-order valence-corrected chi connectivity index (χ2v) is 10.6. The Kier molecular flexibility index (Phi) is 6.94. The molecule has 2 N–H and O–H groups in total. The molecule has 2 fully saturated rings. The number of aromatic nitrogens is 6. The van der Waals surface area contributed by atoms with Gasteiger partial charge in [0.25, 0.3) is 0 Å². The predicted molar refractivity (Wildman–Crippen MR) is 146 cm³/mol. The van der Waals surface area contributed by atoms with Gasteiger partial charge in [-0.15, -0.1) is 0 Å². The molecule has 0 spiro atoms. The van der Waals surface area contributed by atoms with Gasteiger partial charge >= 0.3 is 5.97 Å². The second-order valence-electron chi connectivity index (χ2n) is 9.87. The molecule has 1 unspecified atom stereocenters. The number of rotatable bonds is 7. The lowest BCUT2D eigenvalue weighted by Crippen LogP contribution is -2.55. The third-order valence-corrected chi connectivity index (χ3v) is 7.86. The lowest BCUT2D eigenvalue weighted by molar-refractivity contribution is -0.126. The zero-order chi connectivity index (χ0) is 27.8. The van der Waals surface area contributed by atoms with Crippen molar-refractivity contribution in [2.24, 2.45) is 5.92 Å². The van der Waals surface area contributed by atoms with Gasteiger partial charge in [-0.25, -0.2) is 14.8 Å². The average molecular weight is 563 g/mol. The van der Waals surface area contributed by atoms with Crippen molar-refractivity contribution in [3.05, 3.63) is 52.2 Å². The molecule has 0 bridgehead atoms. The maximum atomic E-state index is 13.1. The van der Waals surface area contributed by atoms with Gasteiger partial charge in [-0.1, -0.05) is 0 Å². The number of carboxylic acids is 1. The number of hydrogen-bond acceptors (Lipinski definition) is 11. The first-order valence-electron chi connectivity index (χ1n) is 12.9. The highest BCUT2D eigenvalue weighted by molar-refractivity contribution is 7.08. The number of carbonyl (C=O) groups is 2. The summed E-state index contributed by atoms with van der Waals surface area (Å²) in [5.74, 6) is -0.649. The van der Waals surface area contributed by atoms with E-state index in [9.17, 15) is 19.5 Å². The lowest BCUT2D eigenvalue weighted by atomic mass is 9.98. The first-order chi connectivity index (χ1) is 19.4. The Labute approximate surface area is 232 Å². The maximum Gasteiger partial charge on any atom is 0.341 e. The van der Waals surface area contributed by atoms with Crippen LogP contribution < -0.4 is 15.6 Å². The van der Waals surface area contributed by atoms with Gasteiger partial charge < -0.3 is 20.1 Å². The molecule has 6 heterocycles. The summed E-state index contributed by atoms with van der Waals surface area (Å²) in [5, 5.41) is 13.2. The smallest absolute Gasteiger partial charge is 0.341 e. The summed E-state index contributed by atoms with van der Waals surface area (Å²) in [5.41, 5.74) is 0.263. The largest absolute Gasteiger partial charge is 0.477 e. The number of aromatic carboxylic acids is 1. The van der Waals surface area contributed by atoms with Gasteiger partial charge in [-0.3, -0.25) is 19.1 Å². The highest BCUT2D eigenvalue weighted by Crippen LogP contribution is 2.29. The number of anilines is 1. The molecule has 2 aliphatic heterocycles. The molecule has 1 amide bonds. The highest BCUT2D eigenvalue weighted by Gasteiger charge is 2.34. The molecule has 4 aromatic heterocycles. The van der Waals surface area contributed by atoms with Crippen molar-refractivity contribution < 1.29 is 19.4 Å². The number of amides is 1. The summed E-state index contributed by atoms with van der Waals surface area (Å²) < 4.78 is 11.5. The van der Waals surface area contributed by atoms with Crippen molar-refractivity contribution in [1.82, 2.24) is 34.2 Å². The van der Waals surface area contributed by atoms with Crippen LogP contribution in [0.3, 0.4) is 0 Å². The number of carbonyl (C=O) groups excluding carboxylic acids is 1. The number of nitrogens with zero attached hydrogens (tertiary/aromatic N) is 7. The molecule has 1 atom stereocenters. The summed E-state index contributed by atoms with van der Waals surface area (Å²) in [6.45, 7) is 3.94. The van der Waals surface area contributed by atoms with Crippen LogP contribution in [0.15, 0.2) is 35.6 Å². The Bertz CT molecular complexity index is 1640. The molecule has 0 aliphatic carbocycles. The van der Waals surface area contributed by atoms with Crippen LogP contribution in [0, 0.1) is 12.8 Å². The third kappa shape index (κ3) is 4.91. The molecule has 4 aromatic rings. The molecule has 14 heteroatoms. The Morgan fingerprint density at radius 2 is 2.08 bits per heavy atom. The average Bonchev–Trinajstić information content (AvgIpc) is 3.42. The van der Waals surface area contributed by atoms with Crippen molar-refractivity contribution in [3.63, 3.8) is 0 Å². The Morgan fingerprint density at radius 1 is 1.23 bits per heavy atom. The van der Waals surface area contributed by atoms with Gasteiger partial charge in [-0.2, -0.15) is 9.36 Å². The number of fused-ring (bicyclic) bond motifs is 1. The quantitative estimate of drug-likeness (QED) is 0.337. The van der Waals surface area contributed by atoms with E-state index in [1.165, 1.54) is 29.4 Å². The molecular weight excluding hydrogens is 536 g/mol. The summed E-state index contributed by atoms with van der Waals surface area (Å²) in [6, 6.07) is 1.74. The molecule has 0 saturated carbocycles. The number of carboxylic acid groups (broad SMARTS) is 1. The fourth-order valence-electron chi connectivity index (χ4n) is 4.93. The minimum atomic E-state index is -1.35. The van der Waals surface area contributed by atoms with Crippen LogP contribution in [0.25, 0.3) is 27.7 Å². The van der Waals surface area contributed by atoms with Gasteiger partial charge in [0.05, 0.1) is 23.6 Å². The van der Waals surface area contributed by atoms with Gasteiger partial charge in [-0.05, 0) is 37.8 Å². The SMILES string of the molecule is Cc1cc(N2CC(C(=O)NCC3CCCCO3)C2)nc2c1c(=O)c(C(=O)O)cn2-c1nc(-c2cnccn2)ns1. The predicted octanol–water partition coefficient (Wildman–Crippen LogP) is 1.82. The fourth-order valence-corrected chi connectivity index (χ4v) is 5.58. The van der Waals surface area contributed by atoms with E-state index in [0.29, 0.717) is 47.7 Å². The Balaban J connectivity index is 1.29. The van der Waals surface area contributed by atoms with Gasteiger partial charge in [0.1, 0.15) is 17.1 Å². The van der Waals surface area contributed by atoms with Gasteiger partial charge in [0.2, 0.25) is 16.5 Å². The van der Waals surface area contributed by atoms with Crippen molar-refractivity contribution >= 4 is 40.3 Å². The van der Waals surface area contributed by atoms with E-state index in [0.717, 1.165) is 37.4 Å². The van der Waals surface area contributed by atoms with E-state index in [-0.39, 0.29) is 29.0 Å². The van der Waals surface area contributed by atoms with E-state index in [2.05, 4.69) is 24.6 Å². The number of hydrogen-bond donors (Lipinski definition) is 2. The van der Waals surface area contributed by atoms with Crippen molar-refractivity contribution in [1.29, 1.82) is 0 Å².